The van der Waals surface area contributed by atoms with Gasteiger partial charge in [-0.15, -0.1) is 0 Å². The van der Waals surface area contributed by atoms with Crippen LogP contribution in [0.1, 0.15) is 5.56 Å². The highest BCUT2D eigenvalue weighted by atomic mass is 35.5. The van der Waals surface area contributed by atoms with E-state index in [1.54, 1.807) is 24.3 Å². The molecule has 0 aliphatic heterocycles. The van der Waals surface area contributed by atoms with Crippen LogP contribution in [0.3, 0.4) is 0 Å². The quantitative estimate of drug-likeness (QED) is 0.451. The van der Waals surface area contributed by atoms with Crippen LogP contribution in [-0.2, 0) is 9.59 Å². The second-order valence-corrected chi connectivity index (χ2v) is 5.13. The summed E-state index contributed by atoms with van der Waals surface area (Å²) in [6.07, 6.45) is 1.33. The molecule has 2 amide bonds. The number of aromatic hydroxyl groups is 1. The molecule has 23 heavy (non-hydrogen) atoms. The van der Waals surface area contributed by atoms with E-state index in [-0.39, 0.29) is 21.5 Å². The zero-order valence-corrected chi connectivity index (χ0v) is 13.1. The zero-order chi connectivity index (χ0) is 16.8. The van der Waals surface area contributed by atoms with Gasteiger partial charge >= 0.3 is 11.8 Å². The Morgan fingerprint density at radius 2 is 1.74 bits per heavy atom. The Morgan fingerprint density at radius 1 is 1.04 bits per heavy atom. The van der Waals surface area contributed by atoms with Crippen LogP contribution in [0, 0.1) is 0 Å². The van der Waals surface area contributed by atoms with E-state index in [2.05, 4.69) is 15.8 Å². The van der Waals surface area contributed by atoms with Crippen molar-refractivity contribution in [2.75, 3.05) is 5.32 Å². The number of nitrogens with one attached hydrogen (secondary N) is 2. The second-order valence-electron chi connectivity index (χ2n) is 4.35. The molecule has 0 bridgehead atoms. The Balaban J connectivity index is 1.94. The number of phenolic OH excluding ortho intramolecular Hbond substituents is 1. The minimum atomic E-state index is -0.962. The summed E-state index contributed by atoms with van der Waals surface area (Å²) < 4.78 is 0. The summed E-state index contributed by atoms with van der Waals surface area (Å²) in [5, 5.41) is 15.5. The van der Waals surface area contributed by atoms with E-state index in [9.17, 15) is 9.59 Å². The van der Waals surface area contributed by atoms with Gasteiger partial charge in [0.2, 0.25) is 0 Å². The molecule has 0 saturated heterocycles. The highest BCUT2D eigenvalue weighted by molar-refractivity contribution is 6.45. The van der Waals surface area contributed by atoms with Gasteiger partial charge in [0.25, 0.3) is 0 Å². The SMILES string of the molecule is O=C(N/N=C\c1ccc(O)cc1)C(=O)Nc1cccc(Cl)c1Cl. The van der Waals surface area contributed by atoms with Gasteiger partial charge in [0, 0.05) is 0 Å². The molecule has 0 unspecified atom stereocenters. The van der Waals surface area contributed by atoms with Crippen molar-refractivity contribution in [3.8, 4) is 5.75 Å². The third-order valence-corrected chi connectivity index (χ3v) is 3.50. The normalized spacial score (nSPS) is 10.5. The molecule has 2 rings (SSSR count). The predicted octanol–water partition coefficient (Wildman–Crippen LogP) is 2.79. The number of nitrogens with zero attached hydrogens (tertiary/aromatic N) is 1. The average Bonchev–Trinajstić information content (AvgIpc) is 2.53. The summed E-state index contributed by atoms with van der Waals surface area (Å²) in [5.41, 5.74) is 2.94. The summed E-state index contributed by atoms with van der Waals surface area (Å²) >= 11 is 11.7. The van der Waals surface area contributed by atoms with E-state index in [0.29, 0.717) is 5.56 Å². The number of amides is 2. The standard InChI is InChI=1S/C15H11Cl2N3O3/c16-11-2-1-3-12(13(11)17)19-14(22)15(23)20-18-8-9-4-6-10(21)7-5-9/h1-8,21H,(H,19,22)(H,20,23)/b18-8-. The van der Waals surface area contributed by atoms with Crippen LogP contribution in [0.25, 0.3) is 0 Å². The molecule has 0 atom stereocenters. The number of anilines is 1. The van der Waals surface area contributed by atoms with Gasteiger partial charge in [-0.3, -0.25) is 9.59 Å². The van der Waals surface area contributed by atoms with Gasteiger partial charge in [0.05, 0.1) is 21.9 Å². The topological polar surface area (TPSA) is 90.8 Å². The first-order valence-corrected chi connectivity index (χ1v) is 7.10. The molecule has 0 fully saturated rings. The van der Waals surface area contributed by atoms with Crippen LogP contribution in [0.2, 0.25) is 10.0 Å². The maximum absolute atomic E-state index is 11.7. The lowest BCUT2D eigenvalue weighted by Gasteiger charge is -2.06. The number of hydrogen-bond acceptors (Lipinski definition) is 4. The number of carbonyl (C=O) groups is 2. The highest BCUT2D eigenvalue weighted by Crippen LogP contribution is 2.29. The molecular formula is C15H11Cl2N3O3. The Kier molecular flexibility index (Phi) is 5.56. The van der Waals surface area contributed by atoms with Crippen molar-refractivity contribution in [3.63, 3.8) is 0 Å². The first kappa shape index (κ1) is 16.8. The third kappa shape index (κ3) is 4.70. The van der Waals surface area contributed by atoms with E-state index in [1.165, 1.54) is 24.4 Å². The van der Waals surface area contributed by atoms with Gasteiger partial charge in [-0.2, -0.15) is 5.10 Å². The van der Waals surface area contributed by atoms with Crippen LogP contribution in [0.15, 0.2) is 47.6 Å². The number of halogens is 2. The number of hydrogen-bond donors (Lipinski definition) is 3. The van der Waals surface area contributed by atoms with Gasteiger partial charge in [-0.05, 0) is 42.0 Å². The molecule has 118 valence electrons. The molecule has 0 spiro atoms. The van der Waals surface area contributed by atoms with Crippen molar-refractivity contribution >= 4 is 46.9 Å². The van der Waals surface area contributed by atoms with E-state index >= 15 is 0 Å². The minimum absolute atomic E-state index is 0.115. The van der Waals surface area contributed by atoms with Gasteiger partial charge in [-0.1, -0.05) is 29.3 Å². The van der Waals surface area contributed by atoms with Crippen molar-refractivity contribution in [3.05, 3.63) is 58.1 Å². The molecule has 0 aliphatic carbocycles. The molecular weight excluding hydrogens is 341 g/mol. The number of carbonyl (C=O) groups excluding carboxylic acids is 2. The molecule has 8 heteroatoms. The van der Waals surface area contributed by atoms with E-state index in [4.69, 9.17) is 28.3 Å². The van der Waals surface area contributed by atoms with Crippen LogP contribution in [0.4, 0.5) is 5.69 Å². The number of hydrazone groups is 1. The molecule has 0 heterocycles. The number of phenols is 1. The molecule has 0 saturated carbocycles. The molecule has 3 N–H and O–H groups in total. The van der Waals surface area contributed by atoms with Crippen molar-refractivity contribution in [2.24, 2.45) is 5.10 Å². The predicted molar refractivity (Wildman–Crippen MR) is 88.9 cm³/mol. The second kappa shape index (κ2) is 7.62. The minimum Gasteiger partial charge on any atom is -0.508 e. The van der Waals surface area contributed by atoms with Crippen molar-refractivity contribution in [1.29, 1.82) is 0 Å². The maximum atomic E-state index is 11.7. The molecule has 6 nitrogen and oxygen atoms in total. The summed E-state index contributed by atoms with van der Waals surface area (Å²) in [5.74, 6) is -1.78. The fourth-order valence-electron chi connectivity index (χ4n) is 1.56. The first-order chi connectivity index (χ1) is 11.0. The maximum Gasteiger partial charge on any atom is 0.329 e. The van der Waals surface area contributed by atoms with E-state index in [0.717, 1.165) is 0 Å². The van der Waals surface area contributed by atoms with E-state index in [1.807, 2.05) is 0 Å². The van der Waals surface area contributed by atoms with Crippen LogP contribution < -0.4 is 10.7 Å². The third-order valence-electron chi connectivity index (χ3n) is 2.68. The average molecular weight is 352 g/mol. The molecule has 0 radical (unpaired) electrons. The van der Waals surface area contributed by atoms with Gasteiger partial charge < -0.3 is 10.4 Å². The summed E-state index contributed by atoms with van der Waals surface area (Å²) in [6.45, 7) is 0. The fraction of sp³-hybridized carbons (Fsp3) is 0. The lowest BCUT2D eigenvalue weighted by atomic mass is 10.2. The molecule has 2 aromatic carbocycles. The monoisotopic (exact) mass is 351 g/mol. The smallest absolute Gasteiger partial charge is 0.329 e. The molecule has 2 aromatic rings. The summed E-state index contributed by atoms with van der Waals surface area (Å²) in [4.78, 5) is 23.4. The summed E-state index contributed by atoms with van der Waals surface area (Å²) in [7, 11) is 0. The van der Waals surface area contributed by atoms with Crippen molar-refractivity contribution in [2.45, 2.75) is 0 Å². The van der Waals surface area contributed by atoms with Gasteiger partial charge in [0.1, 0.15) is 5.75 Å². The Bertz CT molecular complexity index is 761. The van der Waals surface area contributed by atoms with Crippen LogP contribution in [0.5, 0.6) is 5.75 Å². The Hall–Kier alpha value is -2.57. The lowest BCUT2D eigenvalue weighted by molar-refractivity contribution is -0.136. The fourth-order valence-corrected chi connectivity index (χ4v) is 1.90. The van der Waals surface area contributed by atoms with Crippen molar-refractivity contribution in [1.82, 2.24) is 5.43 Å². The van der Waals surface area contributed by atoms with Gasteiger partial charge in [0.15, 0.2) is 0 Å². The van der Waals surface area contributed by atoms with E-state index < -0.39 is 11.8 Å². The molecule has 0 aromatic heterocycles. The van der Waals surface area contributed by atoms with Crippen LogP contribution in [-0.4, -0.2) is 23.1 Å². The molecule has 0 aliphatic rings. The lowest BCUT2D eigenvalue weighted by Crippen LogP contribution is -2.32. The Morgan fingerprint density at radius 3 is 2.43 bits per heavy atom. The largest absolute Gasteiger partial charge is 0.508 e. The van der Waals surface area contributed by atoms with Gasteiger partial charge in [-0.25, -0.2) is 5.43 Å². The Labute approximate surface area is 141 Å². The van der Waals surface area contributed by atoms with Crippen LogP contribution >= 0.6 is 23.2 Å². The zero-order valence-electron chi connectivity index (χ0n) is 11.6. The van der Waals surface area contributed by atoms with Crippen molar-refractivity contribution < 1.29 is 14.7 Å². The first-order valence-electron chi connectivity index (χ1n) is 6.35. The number of rotatable bonds is 3. The summed E-state index contributed by atoms with van der Waals surface area (Å²) in [6, 6.07) is 10.8. The highest BCUT2D eigenvalue weighted by Gasteiger charge is 2.15. The number of benzene rings is 2.